The maximum Gasteiger partial charge on any atom is 0.0916 e. The van der Waals surface area contributed by atoms with Gasteiger partial charge in [0, 0.05) is 12.0 Å². The molecule has 0 atom stereocenters. The van der Waals surface area contributed by atoms with Crippen LogP contribution in [0, 0.1) is 20.8 Å². The van der Waals surface area contributed by atoms with Crippen molar-refractivity contribution in [2.75, 3.05) is 0 Å². The van der Waals surface area contributed by atoms with Gasteiger partial charge in [0.1, 0.15) is 0 Å². The average molecular weight is 253 g/mol. The molecule has 19 heavy (non-hydrogen) atoms. The molecule has 0 aliphatic carbocycles. The average Bonchev–Trinajstić information content (AvgIpc) is 2.37. The summed E-state index contributed by atoms with van der Waals surface area (Å²) in [6.07, 6.45) is 0.641. The largest absolute Gasteiger partial charge is 0.411 e. The molecular weight excluding hydrogens is 234 g/mol. The van der Waals surface area contributed by atoms with Gasteiger partial charge in [-0.05, 0) is 37.5 Å². The van der Waals surface area contributed by atoms with E-state index in [9.17, 15) is 5.21 Å². The molecule has 2 heteroatoms. The van der Waals surface area contributed by atoms with E-state index < -0.39 is 0 Å². The van der Waals surface area contributed by atoms with Crippen molar-refractivity contribution in [2.45, 2.75) is 27.2 Å². The Hall–Kier alpha value is -2.09. The van der Waals surface area contributed by atoms with Crippen LogP contribution >= 0.6 is 0 Å². The van der Waals surface area contributed by atoms with Crippen molar-refractivity contribution in [1.29, 1.82) is 0 Å². The van der Waals surface area contributed by atoms with Gasteiger partial charge in [0.25, 0.3) is 0 Å². The number of oxime groups is 1. The minimum atomic E-state index is 0.641. The van der Waals surface area contributed by atoms with Gasteiger partial charge in [-0.3, -0.25) is 0 Å². The summed E-state index contributed by atoms with van der Waals surface area (Å²) in [6, 6.07) is 14.3. The molecule has 98 valence electrons. The van der Waals surface area contributed by atoms with Crippen molar-refractivity contribution in [2.24, 2.45) is 5.16 Å². The predicted molar refractivity (Wildman–Crippen MR) is 79.1 cm³/mol. The number of rotatable bonds is 3. The summed E-state index contributed by atoms with van der Waals surface area (Å²) in [4.78, 5) is 0. The topological polar surface area (TPSA) is 32.6 Å². The molecule has 2 rings (SSSR count). The molecule has 0 saturated carbocycles. The monoisotopic (exact) mass is 253 g/mol. The smallest absolute Gasteiger partial charge is 0.0916 e. The summed E-state index contributed by atoms with van der Waals surface area (Å²) >= 11 is 0. The third-order valence-corrected chi connectivity index (χ3v) is 3.30. The molecule has 0 aromatic heterocycles. The maximum absolute atomic E-state index is 9.35. The first-order valence-electron chi connectivity index (χ1n) is 6.45. The van der Waals surface area contributed by atoms with E-state index in [0.29, 0.717) is 6.42 Å². The van der Waals surface area contributed by atoms with Crippen LogP contribution in [0.1, 0.15) is 27.8 Å². The van der Waals surface area contributed by atoms with Crippen molar-refractivity contribution < 1.29 is 5.21 Å². The van der Waals surface area contributed by atoms with Gasteiger partial charge in [0.15, 0.2) is 0 Å². The van der Waals surface area contributed by atoms with Gasteiger partial charge in [0.05, 0.1) is 5.71 Å². The molecule has 1 N–H and O–H groups in total. The Kier molecular flexibility index (Phi) is 4.00. The molecule has 0 bridgehead atoms. The Morgan fingerprint density at radius 3 is 2.11 bits per heavy atom. The molecule has 0 aliphatic heterocycles. The molecule has 0 spiro atoms. The molecular formula is C17H19NO. The second-order valence-corrected chi connectivity index (χ2v) is 4.98. The lowest BCUT2D eigenvalue weighted by Crippen LogP contribution is -2.10. The van der Waals surface area contributed by atoms with E-state index in [-0.39, 0.29) is 0 Å². The molecule has 0 amide bonds. The first-order chi connectivity index (χ1) is 9.11. The number of nitrogens with zero attached hydrogens (tertiary/aromatic N) is 1. The molecule has 2 nitrogen and oxygen atoms in total. The SMILES string of the molecule is Cc1cc(C)c(/C(Cc2ccccc2)=N\O)c(C)c1. The summed E-state index contributed by atoms with van der Waals surface area (Å²) in [5.74, 6) is 0. The molecule has 2 aromatic rings. The summed E-state index contributed by atoms with van der Waals surface area (Å²) in [5, 5.41) is 12.9. The fourth-order valence-electron chi connectivity index (χ4n) is 2.60. The molecule has 0 aliphatic rings. The van der Waals surface area contributed by atoms with Crippen LogP contribution in [-0.2, 0) is 6.42 Å². The molecule has 0 radical (unpaired) electrons. The lowest BCUT2D eigenvalue weighted by atomic mass is 9.93. The van der Waals surface area contributed by atoms with Crippen molar-refractivity contribution in [3.63, 3.8) is 0 Å². The molecule has 2 aromatic carbocycles. The minimum Gasteiger partial charge on any atom is -0.411 e. The third-order valence-electron chi connectivity index (χ3n) is 3.30. The van der Waals surface area contributed by atoms with E-state index in [1.54, 1.807) is 0 Å². The highest BCUT2D eigenvalue weighted by molar-refractivity contribution is 6.03. The Morgan fingerprint density at radius 1 is 1.00 bits per heavy atom. The summed E-state index contributed by atoms with van der Waals surface area (Å²) < 4.78 is 0. The van der Waals surface area contributed by atoms with E-state index in [1.165, 1.54) is 5.56 Å². The number of benzene rings is 2. The Morgan fingerprint density at radius 2 is 1.58 bits per heavy atom. The van der Waals surface area contributed by atoms with E-state index >= 15 is 0 Å². The highest BCUT2D eigenvalue weighted by Crippen LogP contribution is 2.19. The zero-order chi connectivity index (χ0) is 13.8. The Bertz CT molecular complexity index is 577. The normalized spacial score (nSPS) is 11.6. The maximum atomic E-state index is 9.35. The van der Waals surface area contributed by atoms with Gasteiger partial charge in [-0.2, -0.15) is 0 Å². The summed E-state index contributed by atoms with van der Waals surface area (Å²) in [5.41, 5.74) is 6.46. The van der Waals surface area contributed by atoms with Crippen LogP contribution in [0.5, 0.6) is 0 Å². The minimum absolute atomic E-state index is 0.641. The van der Waals surface area contributed by atoms with Crippen molar-refractivity contribution in [3.8, 4) is 0 Å². The van der Waals surface area contributed by atoms with Gasteiger partial charge in [-0.15, -0.1) is 0 Å². The second kappa shape index (κ2) is 5.70. The van der Waals surface area contributed by atoms with Crippen molar-refractivity contribution in [1.82, 2.24) is 0 Å². The van der Waals surface area contributed by atoms with Gasteiger partial charge in [0.2, 0.25) is 0 Å². The van der Waals surface area contributed by atoms with Crippen LogP contribution in [0.4, 0.5) is 0 Å². The fourth-order valence-corrected chi connectivity index (χ4v) is 2.60. The lowest BCUT2D eigenvalue weighted by Gasteiger charge is -2.13. The van der Waals surface area contributed by atoms with Crippen molar-refractivity contribution in [3.05, 3.63) is 70.3 Å². The van der Waals surface area contributed by atoms with Crippen LogP contribution in [0.15, 0.2) is 47.6 Å². The standard InChI is InChI=1S/C17H19NO/c1-12-9-13(2)17(14(3)10-12)16(18-19)11-15-7-5-4-6-8-15/h4-10,19H,11H2,1-3H3/b18-16-. The summed E-state index contributed by atoms with van der Waals surface area (Å²) in [7, 11) is 0. The first kappa shape index (κ1) is 13.3. The van der Waals surface area contributed by atoms with Gasteiger partial charge in [-0.1, -0.05) is 53.2 Å². The highest BCUT2D eigenvalue weighted by Gasteiger charge is 2.12. The second-order valence-electron chi connectivity index (χ2n) is 4.98. The number of aryl methyl sites for hydroxylation is 3. The fraction of sp³-hybridized carbons (Fsp3) is 0.235. The zero-order valence-corrected chi connectivity index (χ0v) is 11.6. The number of hydrogen-bond acceptors (Lipinski definition) is 2. The Labute approximate surface area is 114 Å². The van der Waals surface area contributed by atoms with E-state index in [4.69, 9.17) is 0 Å². The van der Waals surface area contributed by atoms with Crippen LogP contribution < -0.4 is 0 Å². The molecule has 0 heterocycles. The van der Waals surface area contributed by atoms with Crippen LogP contribution in [0.25, 0.3) is 0 Å². The Balaban J connectivity index is 2.39. The van der Waals surface area contributed by atoms with E-state index in [2.05, 4.69) is 38.1 Å². The van der Waals surface area contributed by atoms with Crippen LogP contribution in [0.2, 0.25) is 0 Å². The predicted octanol–water partition coefficient (Wildman–Crippen LogP) is 4.03. The zero-order valence-electron chi connectivity index (χ0n) is 11.6. The van der Waals surface area contributed by atoms with Gasteiger partial charge < -0.3 is 5.21 Å². The van der Waals surface area contributed by atoms with Crippen LogP contribution in [-0.4, -0.2) is 10.9 Å². The third kappa shape index (κ3) is 3.02. The van der Waals surface area contributed by atoms with Gasteiger partial charge >= 0.3 is 0 Å². The first-order valence-corrected chi connectivity index (χ1v) is 6.45. The molecule has 0 unspecified atom stereocenters. The van der Waals surface area contributed by atoms with Crippen molar-refractivity contribution >= 4 is 5.71 Å². The lowest BCUT2D eigenvalue weighted by molar-refractivity contribution is 0.318. The van der Waals surface area contributed by atoms with E-state index in [1.807, 2.05) is 30.3 Å². The van der Waals surface area contributed by atoms with E-state index in [0.717, 1.165) is 28.0 Å². The number of hydrogen-bond donors (Lipinski definition) is 1. The van der Waals surface area contributed by atoms with Gasteiger partial charge in [-0.25, -0.2) is 0 Å². The highest BCUT2D eigenvalue weighted by atomic mass is 16.4. The van der Waals surface area contributed by atoms with Crippen LogP contribution in [0.3, 0.4) is 0 Å². The quantitative estimate of drug-likeness (QED) is 0.500. The summed E-state index contributed by atoms with van der Waals surface area (Å²) in [6.45, 7) is 6.20. The molecule has 0 fully saturated rings. The molecule has 0 saturated heterocycles.